The predicted octanol–water partition coefficient (Wildman–Crippen LogP) is 3.78. The molecule has 0 aromatic carbocycles. The van der Waals surface area contributed by atoms with Crippen LogP contribution in [-0.4, -0.2) is 10.7 Å². The molecule has 0 aliphatic heterocycles. The molecule has 0 aliphatic rings. The second-order valence-corrected chi connectivity index (χ2v) is 5.48. The van der Waals surface area contributed by atoms with E-state index >= 15 is 0 Å². The molecular weight excluding hydrogens is 243 g/mol. The topological polar surface area (TPSA) is 54.4 Å². The molecule has 0 aromatic heterocycles. The molecule has 0 radical (unpaired) electrons. The summed E-state index contributed by atoms with van der Waals surface area (Å²) in [5, 5.41) is 8.52. The first kappa shape index (κ1) is 25.1. The van der Waals surface area contributed by atoms with Gasteiger partial charge in [-0.25, -0.2) is 0 Å². The molecule has 0 heterocycles. The summed E-state index contributed by atoms with van der Waals surface area (Å²) in [6, 6.07) is 0. The molecule has 0 aliphatic carbocycles. The monoisotopic (exact) mass is 271 g/mol. The first-order valence-corrected chi connectivity index (χ1v) is 6.23. The maximum atomic E-state index is 8.52. The SMILES string of the molecule is CC(C)(C)O.C[C-](C)C.C[C-](C)C.[O]=[V]=[O]. The number of hydrogen-bond donors (Lipinski definition) is 1. The van der Waals surface area contributed by atoms with Crippen LogP contribution in [0.15, 0.2) is 0 Å². The van der Waals surface area contributed by atoms with Crippen LogP contribution in [-0.2, 0) is 23.5 Å². The van der Waals surface area contributed by atoms with Crippen molar-refractivity contribution in [3.8, 4) is 0 Å². The van der Waals surface area contributed by atoms with Crippen molar-refractivity contribution >= 4 is 0 Å². The second kappa shape index (κ2) is 17.5. The standard InChI is InChI=1S/C4H10O.2C4H9.2O.V/c1-4(2,3)5;2*1-4(2)3;;;/h5H,1-3H3;2*1-3H3;;;/q;2*-1;;;. The van der Waals surface area contributed by atoms with Gasteiger partial charge in [-0.3, -0.25) is 0 Å². The van der Waals surface area contributed by atoms with E-state index in [9.17, 15) is 0 Å². The van der Waals surface area contributed by atoms with Gasteiger partial charge < -0.3 is 16.9 Å². The van der Waals surface area contributed by atoms with Gasteiger partial charge in [0.25, 0.3) is 0 Å². The molecule has 0 aromatic rings. The summed E-state index contributed by atoms with van der Waals surface area (Å²) >= 11 is -1.81. The van der Waals surface area contributed by atoms with Gasteiger partial charge >= 0.3 is 23.5 Å². The molecule has 0 amide bonds. The van der Waals surface area contributed by atoms with Crippen molar-refractivity contribution in [2.24, 2.45) is 0 Å². The van der Waals surface area contributed by atoms with Gasteiger partial charge in [0.2, 0.25) is 0 Å². The molecule has 16 heavy (non-hydrogen) atoms. The van der Waals surface area contributed by atoms with E-state index in [1.54, 1.807) is 20.8 Å². The number of rotatable bonds is 0. The third-order valence-corrected chi connectivity index (χ3v) is 0. The van der Waals surface area contributed by atoms with Gasteiger partial charge in [0.05, 0.1) is 5.60 Å². The Morgan fingerprint density at radius 3 is 0.812 bits per heavy atom. The molecule has 0 spiro atoms. The summed E-state index contributed by atoms with van der Waals surface area (Å²) in [5.41, 5.74) is -0.500. The summed E-state index contributed by atoms with van der Waals surface area (Å²) in [4.78, 5) is 0. The fourth-order valence-electron chi connectivity index (χ4n) is 0. The molecule has 3 nitrogen and oxygen atoms in total. The van der Waals surface area contributed by atoms with Crippen LogP contribution in [0.1, 0.15) is 62.3 Å². The van der Waals surface area contributed by atoms with E-state index in [0.29, 0.717) is 0 Å². The average molecular weight is 271 g/mol. The molecular formula is C12H28O3V-2. The predicted molar refractivity (Wildman–Crippen MR) is 63.9 cm³/mol. The van der Waals surface area contributed by atoms with Gasteiger partial charge in [0, 0.05) is 0 Å². The van der Waals surface area contributed by atoms with Gasteiger partial charge in [-0.1, -0.05) is 0 Å². The minimum atomic E-state index is -1.81. The van der Waals surface area contributed by atoms with Crippen molar-refractivity contribution in [3.63, 3.8) is 0 Å². The molecule has 0 saturated heterocycles. The zero-order chi connectivity index (χ0) is 14.4. The van der Waals surface area contributed by atoms with Gasteiger partial charge in [-0.05, 0) is 20.8 Å². The Hall–Kier alpha value is 0.144. The van der Waals surface area contributed by atoms with E-state index in [4.69, 9.17) is 12.5 Å². The van der Waals surface area contributed by atoms with Gasteiger partial charge in [0.15, 0.2) is 0 Å². The summed E-state index contributed by atoms with van der Waals surface area (Å²) in [6.07, 6.45) is 0. The van der Waals surface area contributed by atoms with Crippen LogP contribution < -0.4 is 0 Å². The summed E-state index contributed by atoms with van der Waals surface area (Å²) in [5.74, 6) is 2.83. The van der Waals surface area contributed by atoms with Crippen molar-refractivity contribution < 1.29 is 28.6 Å². The van der Waals surface area contributed by atoms with Crippen LogP contribution in [0.3, 0.4) is 0 Å². The van der Waals surface area contributed by atoms with E-state index < -0.39 is 21.8 Å². The van der Waals surface area contributed by atoms with Crippen molar-refractivity contribution in [2.75, 3.05) is 0 Å². The van der Waals surface area contributed by atoms with Crippen molar-refractivity contribution in [1.82, 2.24) is 0 Å². The Labute approximate surface area is 109 Å². The first-order chi connectivity index (χ1) is 6.88. The summed E-state index contributed by atoms with van der Waals surface area (Å²) in [6.45, 7) is 17.7. The molecule has 0 rings (SSSR count). The number of aliphatic hydroxyl groups is 1. The molecule has 0 saturated carbocycles. The van der Waals surface area contributed by atoms with E-state index in [2.05, 4.69) is 41.5 Å². The average Bonchev–Trinajstić information content (AvgIpc) is 1.78. The van der Waals surface area contributed by atoms with Gasteiger partial charge in [-0.15, -0.1) is 0 Å². The summed E-state index contributed by atoms with van der Waals surface area (Å²) in [7, 11) is 0. The maximum absolute atomic E-state index is 8.52. The fraction of sp³-hybridized carbons (Fsp3) is 0.833. The molecule has 101 valence electrons. The summed E-state index contributed by atoms with van der Waals surface area (Å²) < 4.78 is 16.9. The van der Waals surface area contributed by atoms with Crippen molar-refractivity contribution in [2.45, 2.75) is 67.9 Å². The van der Waals surface area contributed by atoms with Crippen LogP contribution in [0.4, 0.5) is 0 Å². The Morgan fingerprint density at radius 1 is 0.812 bits per heavy atom. The van der Waals surface area contributed by atoms with Crippen molar-refractivity contribution in [3.05, 3.63) is 11.8 Å². The normalized spacial score (nSPS) is 8.75. The number of hydrogen-bond acceptors (Lipinski definition) is 3. The van der Waals surface area contributed by atoms with Crippen molar-refractivity contribution in [1.29, 1.82) is 0 Å². The Kier molecular flexibility index (Phi) is 27.5. The van der Waals surface area contributed by atoms with Crippen LogP contribution in [0.25, 0.3) is 0 Å². The quantitative estimate of drug-likeness (QED) is 0.682. The molecule has 0 fully saturated rings. The van der Waals surface area contributed by atoms with Crippen LogP contribution in [0.2, 0.25) is 0 Å². The zero-order valence-corrected chi connectivity index (χ0v) is 13.6. The van der Waals surface area contributed by atoms with Gasteiger partial charge in [0.1, 0.15) is 0 Å². The third kappa shape index (κ3) is 117000. The molecule has 0 atom stereocenters. The Morgan fingerprint density at radius 2 is 0.812 bits per heavy atom. The van der Waals surface area contributed by atoms with Crippen LogP contribution >= 0.6 is 0 Å². The zero-order valence-electron chi connectivity index (χ0n) is 12.2. The van der Waals surface area contributed by atoms with E-state index in [1.807, 2.05) is 0 Å². The molecule has 0 bridgehead atoms. The fourth-order valence-corrected chi connectivity index (χ4v) is 0. The minimum absolute atomic E-state index is 0.500. The second-order valence-electron chi connectivity index (χ2n) is 5.25. The molecule has 0 unspecified atom stereocenters. The Balaban J connectivity index is -0.0000000610. The van der Waals surface area contributed by atoms with Crippen LogP contribution in [0, 0.1) is 11.8 Å². The van der Waals surface area contributed by atoms with Gasteiger partial charge in [-0.2, -0.15) is 41.5 Å². The van der Waals surface area contributed by atoms with E-state index in [1.165, 1.54) is 11.8 Å². The first-order valence-electron chi connectivity index (χ1n) is 5.09. The molecule has 1 N–H and O–H groups in total. The Bertz CT molecular complexity index is 125. The van der Waals surface area contributed by atoms with E-state index in [0.717, 1.165) is 0 Å². The van der Waals surface area contributed by atoms with E-state index in [-0.39, 0.29) is 0 Å². The van der Waals surface area contributed by atoms with Crippen LogP contribution in [0.5, 0.6) is 0 Å². The molecule has 4 heteroatoms. The third-order valence-electron chi connectivity index (χ3n) is 0.